The average molecular weight is 356 g/mol. The van der Waals surface area contributed by atoms with Gasteiger partial charge in [0.25, 0.3) is 0 Å². The Labute approximate surface area is 155 Å². The van der Waals surface area contributed by atoms with E-state index in [2.05, 4.69) is 22.9 Å². The second-order valence-electron chi connectivity index (χ2n) is 7.80. The molecule has 0 aromatic heterocycles. The van der Waals surface area contributed by atoms with Gasteiger partial charge in [-0.1, -0.05) is 12.2 Å². The van der Waals surface area contributed by atoms with E-state index < -0.39 is 11.8 Å². The Morgan fingerprint density at radius 2 is 2.27 bits per heavy atom. The highest BCUT2D eigenvalue weighted by Gasteiger charge is 2.54. The van der Waals surface area contributed by atoms with Gasteiger partial charge in [0.05, 0.1) is 13.2 Å². The number of aliphatic hydroxyl groups excluding tert-OH is 1. The molecule has 0 amide bonds. The van der Waals surface area contributed by atoms with Crippen molar-refractivity contribution in [1.29, 1.82) is 0 Å². The van der Waals surface area contributed by atoms with Gasteiger partial charge in [-0.15, -0.1) is 6.58 Å². The highest BCUT2D eigenvalue weighted by atomic mass is 16.5. The summed E-state index contributed by atoms with van der Waals surface area (Å²) in [6.45, 7) is 7.28. The van der Waals surface area contributed by atoms with Crippen molar-refractivity contribution in [2.75, 3.05) is 25.5 Å². The molecule has 26 heavy (non-hydrogen) atoms. The van der Waals surface area contributed by atoms with Gasteiger partial charge in [0, 0.05) is 36.3 Å². The number of aliphatic hydroxyl groups is 2. The number of fused-ring (bicyclic) bond motifs is 4. The Kier molecular flexibility index (Phi) is 4.34. The summed E-state index contributed by atoms with van der Waals surface area (Å²) >= 11 is 0. The number of hydrogen-bond donors (Lipinski definition) is 3. The summed E-state index contributed by atoms with van der Waals surface area (Å²) in [6.07, 6.45) is 5.20. The molecule has 3 saturated heterocycles. The van der Waals surface area contributed by atoms with Crippen molar-refractivity contribution in [3.63, 3.8) is 0 Å². The molecule has 4 heterocycles. The summed E-state index contributed by atoms with van der Waals surface area (Å²) in [5, 5.41) is 25.8. The fourth-order valence-electron chi connectivity index (χ4n) is 5.18. The van der Waals surface area contributed by atoms with Crippen molar-refractivity contribution in [3.05, 3.63) is 42.5 Å². The van der Waals surface area contributed by atoms with E-state index in [1.165, 1.54) is 0 Å². The summed E-state index contributed by atoms with van der Waals surface area (Å²) in [7, 11) is 1.65. The van der Waals surface area contributed by atoms with Gasteiger partial charge in [-0.25, -0.2) is 0 Å². The molecule has 1 aromatic carbocycles. The van der Waals surface area contributed by atoms with E-state index in [1.54, 1.807) is 7.11 Å². The smallest absolute Gasteiger partial charge is 0.122 e. The van der Waals surface area contributed by atoms with Gasteiger partial charge >= 0.3 is 0 Å². The molecule has 0 spiro atoms. The third kappa shape index (κ3) is 2.57. The SMILES string of the molecule is C=C[C@@H]1[C@H]2CCN([C@@H]([C@@H](O)C3=CCNc4ccc(OC)cc43)C2)C1(C)O. The lowest BCUT2D eigenvalue weighted by molar-refractivity contribution is -0.222. The van der Waals surface area contributed by atoms with Crippen molar-refractivity contribution >= 4 is 11.3 Å². The third-order valence-electron chi connectivity index (χ3n) is 6.50. The topological polar surface area (TPSA) is 65.0 Å². The number of methoxy groups -OCH3 is 1. The monoisotopic (exact) mass is 356 g/mol. The first-order valence-corrected chi connectivity index (χ1v) is 9.39. The highest BCUT2D eigenvalue weighted by molar-refractivity contribution is 5.82. The van der Waals surface area contributed by atoms with Crippen LogP contribution in [0.1, 0.15) is 25.3 Å². The summed E-state index contributed by atoms with van der Waals surface area (Å²) in [5.41, 5.74) is 1.94. The number of anilines is 1. The molecule has 0 radical (unpaired) electrons. The van der Waals surface area contributed by atoms with Gasteiger partial charge in [0.2, 0.25) is 0 Å². The van der Waals surface area contributed by atoms with Crippen LogP contribution < -0.4 is 10.1 Å². The van der Waals surface area contributed by atoms with Crippen molar-refractivity contribution in [3.8, 4) is 5.75 Å². The lowest BCUT2D eigenvalue weighted by Crippen LogP contribution is -2.68. The van der Waals surface area contributed by atoms with Gasteiger partial charge in [0.1, 0.15) is 11.5 Å². The molecular formula is C21H28N2O3. The second kappa shape index (κ2) is 6.41. The van der Waals surface area contributed by atoms with Gasteiger partial charge in [-0.2, -0.15) is 0 Å². The first-order chi connectivity index (χ1) is 12.5. The van der Waals surface area contributed by atoms with Gasteiger partial charge in [-0.05, 0) is 49.5 Å². The third-order valence-corrected chi connectivity index (χ3v) is 6.50. The molecular weight excluding hydrogens is 328 g/mol. The lowest BCUT2D eigenvalue weighted by Gasteiger charge is -2.59. The van der Waals surface area contributed by atoms with E-state index in [0.29, 0.717) is 12.5 Å². The molecule has 4 aliphatic heterocycles. The molecule has 5 nitrogen and oxygen atoms in total. The Morgan fingerprint density at radius 1 is 1.46 bits per heavy atom. The highest BCUT2D eigenvalue weighted by Crippen LogP contribution is 2.48. The molecule has 5 heteroatoms. The molecule has 6 atom stereocenters. The number of piperidine rings is 3. The Hall–Kier alpha value is -1.82. The zero-order valence-electron chi connectivity index (χ0n) is 15.5. The quantitative estimate of drug-likeness (QED) is 0.724. The Morgan fingerprint density at radius 3 is 2.96 bits per heavy atom. The Bertz CT molecular complexity index is 743. The van der Waals surface area contributed by atoms with E-state index in [4.69, 9.17) is 4.74 Å². The fraction of sp³-hybridized carbons (Fsp3) is 0.524. The van der Waals surface area contributed by atoms with Crippen LogP contribution in [0, 0.1) is 11.8 Å². The van der Waals surface area contributed by atoms with Crippen LogP contribution >= 0.6 is 0 Å². The summed E-state index contributed by atoms with van der Waals surface area (Å²) in [4.78, 5) is 2.08. The molecule has 140 valence electrons. The molecule has 4 aliphatic rings. The van der Waals surface area contributed by atoms with Crippen LogP contribution in [0.25, 0.3) is 5.57 Å². The molecule has 0 aliphatic carbocycles. The van der Waals surface area contributed by atoms with E-state index in [1.807, 2.05) is 31.2 Å². The van der Waals surface area contributed by atoms with Crippen LogP contribution in [0.2, 0.25) is 0 Å². The zero-order valence-corrected chi connectivity index (χ0v) is 15.5. The second-order valence-corrected chi connectivity index (χ2v) is 7.80. The van der Waals surface area contributed by atoms with E-state index in [-0.39, 0.29) is 12.0 Å². The first kappa shape index (κ1) is 17.6. The maximum atomic E-state index is 11.3. The number of rotatable bonds is 4. The standard InChI is InChI=1S/C21H28N2O3/c1-4-17-13-8-10-23(21(17,2)25)19(11-13)20(24)15-7-9-22-18-6-5-14(26-3)12-16(15)18/h4-7,12-13,17,19-20,22,24-25H,1,8-11H2,2-3H3/t13-,17+,19+,20-,21?/m0/s1. The van der Waals surface area contributed by atoms with Crippen LogP contribution in [-0.4, -0.2) is 53.2 Å². The minimum atomic E-state index is -0.959. The van der Waals surface area contributed by atoms with E-state index >= 15 is 0 Å². The average Bonchev–Trinajstić information content (AvgIpc) is 2.66. The predicted octanol–water partition coefficient (Wildman–Crippen LogP) is 2.47. The van der Waals surface area contributed by atoms with Crippen LogP contribution in [0.3, 0.4) is 0 Å². The number of nitrogens with zero attached hydrogens (tertiary/aromatic N) is 1. The van der Waals surface area contributed by atoms with Gasteiger partial charge < -0.3 is 20.3 Å². The molecule has 0 saturated carbocycles. The van der Waals surface area contributed by atoms with Crippen LogP contribution in [-0.2, 0) is 0 Å². The summed E-state index contributed by atoms with van der Waals surface area (Å²) in [6, 6.07) is 5.79. The van der Waals surface area contributed by atoms with Gasteiger partial charge in [0.15, 0.2) is 0 Å². The minimum Gasteiger partial charge on any atom is -0.497 e. The maximum absolute atomic E-state index is 11.3. The van der Waals surface area contributed by atoms with Crippen molar-refractivity contribution in [2.45, 2.75) is 37.6 Å². The van der Waals surface area contributed by atoms with E-state index in [9.17, 15) is 10.2 Å². The van der Waals surface area contributed by atoms with Crippen molar-refractivity contribution in [2.24, 2.45) is 11.8 Å². The molecule has 1 aromatic rings. The first-order valence-electron chi connectivity index (χ1n) is 9.39. The summed E-state index contributed by atoms with van der Waals surface area (Å²) < 4.78 is 5.37. The predicted molar refractivity (Wildman–Crippen MR) is 103 cm³/mol. The normalized spacial score (nSPS) is 36.5. The Balaban J connectivity index is 1.66. The van der Waals surface area contributed by atoms with Crippen LogP contribution in [0.5, 0.6) is 5.75 Å². The van der Waals surface area contributed by atoms with Crippen molar-refractivity contribution < 1.29 is 14.9 Å². The fourth-order valence-corrected chi connectivity index (χ4v) is 5.18. The van der Waals surface area contributed by atoms with E-state index in [0.717, 1.165) is 42.0 Å². The number of ether oxygens (including phenoxy) is 1. The maximum Gasteiger partial charge on any atom is 0.122 e. The zero-order chi connectivity index (χ0) is 18.5. The minimum absolute atomic E-state index is 0.0501. The molecule has 2 unspecified atom stereocenters. The van der Waals surface area contributed by atoms with Gasteiger partial charge in [-0.3, -0.25) is 4.90 Å². The number of hydrogen-bond acceptors (Lipinski definition) is 5. The molecule has 5 rings (SSSR count). The molecule has 3 fully saturated rings. The van der Waals surface area contributed by atoms with Crippen molar-refractivity contribution in [1.82, 2.24) is 4.90 Å². The molecule has 2 bridgehead atoms. The lowest BCUT2D eigenvalue weighted by atomic mass is 9.67. The van der Waals surface area contributed by atoms with Crippen LogP contribution in [0.15, 0.2) is 36.9 Å². The molecule has 3 N–H and O–H groups in total. The number of benzene rings is 1. The largest absolute Gasteiger partial charge is 0.497 e. The summed E-state index contributed by atoms with van der Waals surface area (Å²) in [5.74, 6) is 1.18. The number of nitrogens with one attached hydrogen (secondary N) is 1. The van der Waals surface area contributed by atoms with Crippen LogP contribution in [0.4, 0.5) is 5.69 Å².